The van der Waals surface area contributed by atoms with E-state index in [0.717, 1.165) is 0 Å². The second-order valence-electron chi connectivity index (χ2n) is 5.50. The first-order valence-electron chi connectivity index (χ1n) is 7.07. The Morgan fingerprint density at radius 2 is 2.05 bits per heavy atom. The normalized spacial score (nSPS) is 15.8. The first-order valence-corrected chi connectivity index (χ1v) is 7.07. The minimum absolute atomic E-state index is 0.0223. The lowest BCUT2D eigenvalue weighted by Crippen LogP contribution is -2.40. The molecule has 1 fully saturated rings. The molecule has 0 bridgehead atoms. The third-order valence-electron chi connectivity index (χ3n) is 3.43. The van der Waals surface area contributed by atoms with Crippen molar-refractivity contribution in [1.29, 1.82) is 0 Å². The molecule has 1 aliphatic heterocycles. The van der Waals surface area contributed by atoms with Gasteiger partial charge < -0.3 is 15.2 Å². The van der Waals surface area contributed by atoms with Crippen molar-refractivity contribution in [3.63, 3.8) is 0 Å². The van der Waals surface area contributed by atoms with Crippen LogP contribution in [0.1, 0.15) is 48.1 Å². The van der Waals surface area contributed by atoms with E-state index >= 15 is 0 Å². The number of H-pyrrole nitrogens is 1. The third-order valence-corrected chi connectivity index (χ3v) is 3.43. The van der Waals surface area contributed by atoms with Gasteiger partial charge in [-0.1, -0.05) is 13.8 Å². The summed E-state index contributed by atoms with van der Waals surface area (Å²) >= 11 is 0. The van der Waals surface area contributed by atoms with Crippen LogP contribution in [0.5, 0.6) is 0 Å². The summed E-state index contributed by atoms with van der Waals surface area (Å²) in [6.45, 7) is 6.44. The first-order chi connectivity index (χ1) is 9.90. The summed E-state index contributed by atoms with van der Waals surface area (Å²) in [5.74, 6) is -0.0116. The van der Waals surface area contributed by atoms with E-state index in [1.165, 1.54) is 4.90 Å². The average molecular weight is 292 g/mol. The van der Waals surface area contributed by atoms with Crippen LogP contribution in [0.4, 0.5) is 0 Å². The van der Waals surface area contributed by atoms with E-state index in [9.17, 15) is 14.4 Å². The maximum absolute atomic E-state index is 12.5. The summed E-state index contributed by atoms with van der Waals surface area (Å²) in [6, 6.07) is 0. The van der Waals surface area contributed by atoms with Gasteiger partial charge in [-0.25, -0.2) is 4.98 Å². The number of nitrogens with one attached hydrogen (secondary N) is 2. The summed E-state index contributed by atoms with van der Waals surface area (Å²) in [7, 11) is 0. The molecular weight excluding hydrogens is 272 g/mol. The molecule has 0 atom stereocenters. The second-order valence-corrected chi connectivity index (χ2v) is 5.50. The van der Waals surface area contributed by atoms with Crippen LogP contribution >= 0.6 is 0 Å². The van der Waals surface area contributed by atoms with Gasteiger partial charge in [0, 0.05) is 19.0 Å². The number of aromatic amines is 1. The number of aryl methyl sites for hydroxylation is 1. The molecule has 1 aromatic rings. The molecule has 2 N–H and O–H groups in total. The molecule has 2 heterocycles. The summed E-state index contributed by atoms with van der Waals surface area (Å²) in [5, 5.41) is 2.70. The van der Waals surface area contributed by atoms with E-state index in [2.05, 4.69) is 15.3 Å². The molecule has 1 aromatic heterocycles. The van der Waals surface area contributed by atoms with Crippen molar-refractivity contribution in [3.8, 4) is 0 Å². The Balaban J connectivity index is 2.35. The molecule has 0 radical (unpaired) electrons. The molecule has 0 saturated carbocycles. The maximum Gasteiger partial charge on any atom is 0.264 e. The number of carbonyl (C=O) groups is 2. The van der Waals surface area contributed by atoms with Gasteiger partial charge in [-0.2, -0.15) is 0 Å². The maximum atomic E-state index is 12.5. The van der Waals surface area contributed by atoms with E-state index in [0.29, 0.717) is 31.0 Å². The van der Waals surface area contributed by atoms with Gasteiger partial charge in [0.2, 0.25) is 5.91 Å². The molecule has 114 valence electrons. The second kappa shape index (κ2) is 6.07. The van der Waals surface area contributed by atoms with Gasteiger partial charge in [-0.15, -0.1) is 0 Å². The van der Waals surface area contributed by atoms with Crippen molar-refractivity contribution in [1.82, 2.24) is 20.2 Å². The molecule has 7 nitrogen and oxygen atoms in total. The summed E-state index contributed by atoms with van der Waals surface area (Å²) in [6.07, 6.45) is 0.673. The molecule has 21 heavy (non-hydrogen) atoms. The van der Waals surface area contributed by atoms with Crippen LogP contribution in [-0.4, -0.2) is 46.3 Å². The Kier molecular flexibility index (Phi) is 4.40. The Morgan fingerprint density at radius 3 is 2.67 bits per heavy atom. The third kappa shape index (κ3) is 3.29. The number of carbonyl (C=O) groups excluding carboxylic acids is 2. The van der Waals surface area contributed by atoms with Crippen molar-refractivity contribution < 1.29 is 9.59 Å². The topological polar surface area (TPSA) is 95.2 Å². The molecule has 2 amide bonds. The zero-order valence-corrected chi connectivity index (χ0v) is 12.5. The molecular formula is C14H20N4O3. The van der Waals surface area contributed by atoms with Crippen LogP contribution in [0.2, 0.25) is 0 Å². The zero-order valence-electron chi connectivity index (χ0n) is 12.5. The molecule has 0 spiro atoms. The minimum atomic E-state index is -0.444. The van der Waals surface area contributed by atoms with Gasteiger partial charge in [0.1, 0.15) is 11.4 Å². The predicted octanol–water partition coefficient (Wildman–Crippen LogP) is 0.164. The Labute approximate surface area is 122 Å². The fraction of sp³-hybridized carbons (Fsp3) is 0.571. The number of nitrogens with zero attached hydrogens (tertiary/aromatic N) is 2. The van der Waals surface area contributed by atoms with Crippen molar-refractivity contribution in [3.05, 3.63) is 27.4 Å². The molecule has 7 heteroatoms. The molecule has 0 aliphatic carbocycles. The Morgan fingerprint density at radius 1 is 1.33 bits per heavy atom. The van der Waals surface area contributed by atoms with E-state index in [1.807, 2.05) is 13.8 Å². The first kappa shape index (κ1) is 15.2. The van der Waals surface area contributed by atoms with Crippen LogP contribution in [0.15, 0.2) is 4.79 Å². The number of aromatic nitrogens is 2. The summed E-state index contributed by atoms with van der Waals surface area (Å²) in [5.41, 5.74) is -0.0212. The predicted molar refractivity (Wildman–Crippen MR) is 77.2 cm³/mol. The number of rotatable bonds is 2. The fourth-order valence-corrected chi connectivity index (χ4v) is 2.27. The van der Waals surface area contributed by atoms with E-state index in [4.69, 9.17) is 0 Å². The highest BCUT2D eigenvalue weighted by atomic mass is 16.2. The van der Waals surface area contributed by atoms with Gasteiger partial charge in [0.15, 0.2) is 0 Å². The number of amides is 2. The van der Waals surface area contributed by atoms with Gasteiger partial charge in [-0.05, 0) is 13.3 Å². The van der Waals surface area contributed by atoms with Crippen LogP contribution in [0.3, 0.4) is 0 Å². The SMILES string of the molecule is Cc1nc(C(C)C)[nH]c(=O)c1C(=O)N1CCCNC(=O)C1. The minimum Gasteiger partial charge on any atom is -0.354 e. The van der Waals surface area contributed by atoms with Crippen molar-refractivity contribution in [2.45, 2.75) is 33.1 Å². The molecule has 2 rings (SSSR count). The Hall–Kier alpha value is -2.18. The van der Waals surface area contributed by atoms with Gasteiger partial charge in [0.25, 0.3) is 11.5 Å². The molecule has 0 aromatic carbocycles. The highest BCUT2D eigenvalue weighted by molar-refractivity contribution is 5.97. The lowest BCUT2D eigenvalue weighted by molar-refractivity contribution is -0.121. The highest BCUT2D eigenvalue weighted by Crippen LogP contribution is 2.11. The van der Waals surface area contributed by atoms with Crippen LogP contribution in [0.25, 0.3) is 0 Å². The molecule has 1 aliphatic rings. The van der Waals surface area contributed by atoms with Crippen LogP contribution in [-0.2, 0) is 4.79 Å². The lowest BCUT2D eigenvalue weighted by Gasteiger charge is -2.19. The zero-order chi connectivity index (χ0) is 15.6. The summed E-state index contributed by atoms with van der Waals surface area (Å²) in [4.78, 5) is 44.6. The fourth-order valence-electron chi connectivity index (χ4n) is 2.27. The van der Waals surface area contributed by atoms with Crippen molar-refractivity contribution in [2.75, 3.05) is 19.6 Å². The van der Waals surface area contributed by atoms with Gasteiger partial charge >= 0.3 is 0 Å². The monoisotopic (exact) mass is 292 g/mol. The quantitative estimate of drug-likeness (QED) is 0.812. The highest BCUT2D eigenvalue weighted by Gasteiger charge is 2.25. The van der Waals surface area contributed by atoms with Crippen LogP contribution in [0, 0.1) is 6.92 Å². The van der Waals surface area contributed by atoms with E-state index < -0.39 is 11.5 Å². The largest absolute Gasteiger partial charge is 0.354 e. The van der Waals surface area contributed by atoms with Crippen molar-refractivity contribution >= 4 is 11.8 Å². The number of hydrogen-bond donors (Lipinski definition) is 2. The molecule has 1 saturated heterocycles. The van der Waals surface area contributed by atoms with E-state index in [-0.39, 0.29) is 23.9 Å². The smallest absolute Gasteiger partial charge is 0.264 e. The van der Waals surface area contributed by atoms with Crippen LogP contribution < -0.4 is 10.9 Å². The standard InChI is InChI=1S/C14H20N4O3/c1-8(2)12-16-9(3)11(13(20)17-12)14(21)18-6-4-5-15-10(19)7-18/h8H,4-7H2,1-3H3,(H,15,19)(H,16,17,20). The molecule has 0 unspecified atom stereocenters. The van der Waals surface area contributed by atoms with Gasteiger partial charge in [0.05, 0.1) is 12.2 Å². The Bertz CT molecular complexity index is 621. The van der Waals surface area contributed by atoms with Crippen molar-refractivity contribution in [2.24, 2.45) is 0 Å². The van der Waals surface area contributed by atoms with Gasteiger partial charge in [-0.3, -0.25) is 14.4 Å². The average Bonchev–Trinajstić information content (AvgIpc) is 2.62. The van der Waals surface area contributed by atoms with E-state index in [1.54, 1.807) is 6.92 Å². The number of hydrogen-bond acceptors (Lipinski definition) is 4. The summed E-state index contributed by atoms with van der Waals surface area (Å²) < 4.78 is 0. The lowest BCUT2D eigenvalue weighted by atomic mass is 10.1.